The van der Waals surface area contributed by atoms with E-state index in [0.29, 0.717) is 35.7 Å². The van der Waals surface area contributed by atoms with Crippen LogP contribution in [0.1, 0.15) is 60.1 Å². The van der Waals surface area contributed by atoms with E-state index in [-0.39, 0.29) is 22.7 Å². The minimum atomic E-state index is -0.0410. The number of carbonyl (C=O) groups excluding carboxylic acids is 2. The molecule has 2 amide bonds. The largest absolute Gasteiger partial charge is 0.381 e. The van der Waals surface area contributed by atoms with Crippen molar-refractivity contribution in [3.8, 4) is 0 Å². The van der Waals surface area contributed by atoms with Gasteiger partial charge in [-0.2, -0.15) is 0 Å². The molecule has 0 N–H and O–H groups in total. The normalized spacial score (nSPS) is 26.1. The summed E-state index contributed by atoms with van der Waals surface area (Å²) in [6, 6.07) is 6.39. The van der Waals surface area contributed by atoms with Crippen LogP contribution >= 0.6 is 11.3 Å². The first-order valence-electron chi connectivity index (χ1n) is 13.9. The molecular formula is C29H39N5O3S. The number of carbonyl (C=O) groups is 2. The Balaban J connectivity index is 1.13. The van der Waals surface area contributed by atoms with E-state index in [2.05, 4.69) is 49.0 Å². The van der Waals surface area contributed by atoms with Gasteiger partial charge in [-0.25, -0.2) is 0 Å². The van der Waals surface area contributed by atoms with Crippen molar-refractivity contribution in [1.29, 1.82) is 0 Å². The van der Waals surface area contributed by atoms with Crippen LogP contribution in [0.3, 0.4) is 0 Å². The summed E-state index contributed by atoms with van der Waals surface area (Å²) >= 11 is 1.40. The molecule has 0 bridgehead atoms. The zero-order valence-corrected chi connectivity index (χ0v) is 23.6. The topological polar surface area (TPSA) is 78.9 Å². The van der Waals surface area contributed by atoms with Crippen molar-refractivity contribution in [3.63, 3.8) is 0 Å². The van der Waals surface area contributed by atoms with E-state index < -0.39 is 0 Å². The summed E-state index contributed by atoms with van der Waals surface area (Å²) < 4.78 is 5.53. The third-order valence-electron chi connectivity index (χ3n) is 9.31. The quantitative estimate of drug-likeness (QED) is 0.538. The molecule has 4 fully saturated rings. The molecule has 0 aromatic carbocycles. The lowest BCUT2D eigenvalue weighted by Gasteiger charge is -2.51. The molecule has 0 radical (unpaired) electrons. The van der Waals surface area contributed by atoms with Crippen LogP contribution in [-0.2, 0) is 16.1 Å². The second-order valence-electron chi connectivity index (χ2n) is 12.7. The fourth-order valence-corrected chi connectivity index (χ4v) is 7.36. The minimum absolute atomic E-state index is 0.0410. The standard InChI is InChI=1S/C29H39N5O3S/c1-28(2)11-23(28)26(35)34-17-29(18-34)16-33(27(36)25-12-30-19-38-25)14-21(29)13-32(3)15-22-5-4-6-24(31-22)20-7-9-37-10-8-20/h4-6,12,19-21,23H,7-11,13-18H2,1-3H3/t21?,23-/m1/s1. The Hall–Kier alpha value is -2.36. The van der Waals surface area contributed by atoms with E-state index in [1.165, 1.54) is 17.0 Å². The van der Waals surface area contributed by atoms with Crippen molar-refractivity contribution in [2.24, 2.45) is 22.7 Å². The van der Waals surface area contributed by atoms with Crippen molar-refractivity contribution in [2.75, 3.05) is 53.0 Å². The molecule has 1 aliphatic carbocycles. The molecule has 6 rings (SSSR count). The van der Waals surface area contributed by atoms with Crippen molar-refractivity contribution in [3.05, 3.63) is 46.2 Å². The van der Waals surface area contributed by atoms with Crippen LogP contribution in [0.5, 0.6) is 0 Å². The van der Waals surface area contributed by atoms with Crippen LogP contribution in [0, 0.1) is 22.7 Å². The van der Waals surface area contributed by atoms with E-state index in [0.717, 1.165) is 64.3 Å². The second kappa shape index (κ2) is 9.99. The molecule has 2 aromatic heterocycles. The summed E-state index contributed by atoms with van der Waals surface area (Å²) in [4.78, 5) is 42.5. The molecule has 5 heterocycles. The number of ether oxygens (including phenoxy) is 1. The first-order chi connectivity index (χ1) is 18.2. The molecule has 2 aromatic rings. The van der Waals surface area contributed by atoms with Gasteiger partial charge in [0, 0.05) is 75.4 Å². The molecule has 38 heavy (non-hydrogen) atoms. The molecule has 1 spiro atoms. The Kier molecular flexibility index (Phi) is 6.81. The van der Waals surface area contributed by atoms with Crippen molar-refractivity contribution < 1.29 is 14.3 Å². The van der Waals surface area contributed by atoms with E-state index >= 15 is 0 Å². The molecule has 1 unspecified atom stereocenters. The van der Waals surface area contributed by atoms with Crippen LogP contribution in [0.2, 0.25) is 0 Å². The van der Waals surface area contributed by atoms with E-state index in [1.807, 2.05) is 9.80 Å². The number of hydrogen-bond donors (Lipinski definition) is 0. The van der Waals surface area contributed by atoms with E-state index in [9.17, 15) is 9.59 Å². The third kappa shape index (κ3) is 5.00. The van der Waals surface area contributed by atoms with Crippen molar-refractivity contribution in [2.45, 2.75) is 45.6 Å². The molecule has 1 saturated carbocycles. The van der Waals surface area contributed by atoms with Crippen LogP contribution in [0.25, 0.3) is 0 Å². The maximum absolute atomic E-state index is 13.2. The predicted molar refractivity (Wildman–Crippen MR) is 146 cm³/mol. The smallest absolute Gasteiger partial charge is 0.265 e. The van der Waals surface area contributed by atoms with Gasteiger partial charge < -0.3 is 19.4 Å². The second-order valence-corrected chi connectivity index (χ2v) is 13.6. The van der Waals surface area contributed by atoms with Gasteiger partial charge in [-0.05, 0) is 49.8 Å². The highest BCUT2D eigenvalue weighted by atomic mass is 32.1. The molecule has 3 aliphatic heterocycles. The number of likely N-dealkylation sites (tertiary alicyclic amines) is 2. The lowest BCUT2D eigenvalue weighted by atomic mass is 9.71. The maximum Gasteiger partial charge on any atom is 0.265 e. The number of nitrogens with zero attached hydrogens (tertiary/aromatic N) is 5. The highest BCUT2D eigenvalue weighted by Crippen LogP contribution is 2.54. The molecule has 8 nitrogen and oxygen atoms in total. The van der Waals surface area contributed by atoms with Gasteiger partial charge in [0.1, 0.15) is 4.88 Å². The first-order valence-corrected chi connectivity index (χ1v) is 14.8. The molecule has 204 valence electrons. The Morgan fingerprint density at radius 2 is 1.89 bits per heavy atom. The third-order valence-corrected chi connectivity index (χ3v) is 10.1. The Morgan fingerprint density at radius 1 is 1.16 bits per heavy atom. The van der Waals surface area contributed by atoms with Crippen LogP contribution in [-0.4, -0.2) is 89.5 Å². The number of pyridine rings is 1. The first kappa shape index (κ1) is 25.9. The summed E-state index contributed by atoms with van der Waals surface area (Å²) in [5, 5.41) is 0. The van der Waals surface area contributed by atoms with E-state index in [4.69, 9.17) is 9.72 Å². The Bertz CT molecular complexity index is 1170. The maximum atomic E-state index is 13.2. The monoisotopic (exact) mass is 537 g/mol. The fraction of sp³-hybridized carbons (Fsp3) is 0.655. The molecule has 2 atom stereocenters. The van der Waals surface area contributed by atoms with Crippen molar-refractivity contribution in [1.82, 2.24) is 24.7 Å². The van der Waals surface area contributed by atoms with Crippen LogP contribution in [0.4, 0.5) is 0 Å². The zero-order valence-electron chi connectivity index (χ0n) is 22.8. The van der Waals surface area contributed by atoms with Gasteiger partial charge in [-0.1, -0.05) is 19.9 Å². The molecular weight excluding hydrogens is 498 g/mol. The molecule has 4 aliphatic rings. The SMILES string of the molecule is CN(Cc1cccc(C2CCOCC2)n1)CC1CN(C(=O)c2cncs2)CC12CN(C(=O)[C@H]1CC1(C)C)C2. The molecule has 3 saturated heterocycles. The zero-order chi connectivity index (χ0) is 26.5. The fourth-order valence-electron chi connectivity index (χ4n) is 6.78. The minimum Gasteiger partial charge on any atom is -0.381 e. The van der Waals surface area contributed by atoms with Gasteiger partial charge >= 0.3 is 0 Å². The van der Waals surface area contributed by atoms with Gasteiger partial charge in [-0.15, -0.1) is 11.3 Å². The van der Waals surface area contributed by atoms with Gasteiger partial charge in [0.05, 0.1) is 17.4 Å². The van der Waals surface area contributed by atoms with Crippen LogP contribution in [0.15, 0.2) is 29.9 Å². The lowest BCUT2D eigenvalue weighted by Crippen LogP contribution is -2.63. The molecule has 9 heteroatoms. The van der Waals surface area contributed by atoms with E-state index in [1.54, 1.807) is 11.7 Å². The summed E-state index contributed by atoms with van der Waals surface area (Å²) in [7, 11) is 2.15. The Labute approximate surface area is 229 Å². The highest BCUT2D eigenvalue weighted by Gasteiger charge is 2.60. The number of aromatic nitrogens is 2. The predicted octanol–water partition coefficient (Wildman–Crippen LogP) is 3.51. The Morgan fingerprint density at radius 3 is 2.58 bits per heavy atom. The summed E-state index contributed by atoms with van der Waals surface area (Å²) in [6.45, 7) is 10.5. The summed E-state index contributed by atoms with van der Waals surface area (Å²) in [5.74, 6) is 1.31. The van der Waals surface area contributed by atoms with Gasteiger partial charge in [0.25, 0.3) is 5.91 Å². The number of thiazole rings is 1. The van der Waals surface area contributed by atoms with Gasteiger partial charge in [0.15, 0.2) is 0 Å². The highest BCUT2D eigenvalue weighted by molar-refractivity contribution is 7.11. The number of hydrogen-bond acceptors (Lipinski definition) is 7. The number of amides is 2. The summed E-state index contributed by atoms with van der Waals surface area (Å²) in [5.41, 5.74) is 4.07. The lowest BCUT2D eigenvalue weighted by molar-refractivity contribution is -0.147. The average molecular weight is 538 g/mol. The van der Waals surface area contributed by atoms with Gasteiger partial charge in [0.2, 0.25) is 5.91 Å². The van der Waals surface area contributed by atoms with Crippen LogP contribution < -0.4 is 0 Å². The van der Waals surface area contributed by atoms with Gasteiger partial charge in [-0.3, -0.25) is 19.6 Å². The summed E-state index contributed by atoms with van der Waals surface area (Å²) in [6.07, 6.45) is 4.72. The number of rotatable bonds is 7. The average Bonchev–Trinajstić information content (AvgIpc) is 3.24. The van der Waals surface area contributed by atoms with Crippen molar-refractivity contribution >= 4 is 23.2 Å².